The van der Waals surface area contributed by atoms with Gasteiger partial charge in [0.1, 0.15) is 5.70 Å². The number of nitrogens with zero attached hydrogens (tertiary/aromatic N) is 1. The van der Waals surface area contributed by atoms with E-state index in [0.717, 1.165) is 6.42 Å². The smallest absolute Gasteiger partial charge is 0.257 e. The number of nitrogens with one attached hydrogen (secondary N) is 2. The van der Waals surface area contributed by atoms with E-state index in [2.05, 4.69) is 24.1 Å². The van der Waals surface area contributed by atoms with Gasteiger partial charge in [-0.1, -0.05) is 32.4 Å². The summed E-state index contributed by atoms with van der Waals surface area (Å²) in [5.41, 5.74) is 2.07. The first-order chi connectivity index (χ1) is 12.8. The number of anilines is 1. The second kappa shape index (κ2) is 7.47. The third kappa shape index (κ3) is 3.56. The zero-order valence-corrected chi connectivity index (χ0v) is 16.1. The number of phenols is 1. The molecule has 6 heteroatoms. The molecule has 3 N–H and O–H groups in total. The number of amides is 1. The number of ketones is 1. The van der Waals surface area contributed by atoms with Crippen molar-refractivity contribution in [3.8, 4) is 5.75 Å². The predicted molar refractivity (Wildman–Crippen MR) is 105 cm³/mol. The minimum absolute atomic E-state index is 0.167. The Hall–Kier alpha value is -2.76. The van der Waals surface area contributed by atoms with Crippen LogP contribution in [0.1, 0.15) is 43.0 Å². The number of aromatic hydroxyl groups is 1. The quantitative estimate of drug-likeness (QED) is 0.549. The summed E-state index contributed by atoms with van der Waals surface area (Å²) in [5, 5.41) is 17.0. The summed E-state index contributed by atoms with van der Waals surface area (Å²) in [6.07, 6.45) is 4.65. The van der Waals surface area contributed by atoms with Crippen LogP contribution in [0, 0.1) is 5.92 Å². The number of rotatable bonds is 5. The van der Waals surface area contributed by atoms with Crippen LogP contribution in [0.25, 0.3) is 0 Å². The van der Waals surface area contributed by atoms with Crippen LogP contribution in [0.4, 0.5) is 5.69 Å². The first-order valence-electron chi connectivity index (χ1n) is 9.36. The van der Waals surface area contributed by atoms with E-state index in [-0.39, 0.29) is 23.0 Å². The molecule has 1 amide bonds. The Balaban J connectivity index is 1.86. The molecule has 1 fully saturated rings. The maximum Gasteiger partial charge on any atom is 0.257 e. The lowest BCUT2D eigenvalue weighted by Crippen LogP contribution is -2.43. The number of phenolic OH excluding ortho intramolecular Hbond substituents is 1. The number of allylic oxidation sites excluding steroid dienone is 2. The molecule has 0 bridgehead atoms. The zero-order chi connectivity index (χ0) is 19.7. The predicted octanol–water partition coefficient (Wildman–Crippen LogP) is 3.02. The summed E-state index contributed by atoms with van der Waals surface area (Å²) >= 11 is 0. The molecule has 0 aromatic heterocycles. The van der Waals surface area contributed by atoms with Crippen LogP contribution in [-0.4, -0.2) is 41.8 Å². The Bertz CT molecular complexity index is 826. The molecule has 1 aromatic rings. The SMILES string of the molecule is C=C1C(=O)C(Nc2cccc(C(=O)N(C)C)c2O)=C1N[C@H]1CCCC[C@@H]1C. The fourth-order valence-corrected chi connectivity index (χ4v) is 3.65. The topological polar surface area (TPSA) is 81.7 Å². The van der Waals surface area contributed by atoms with Crippen LogP contribution in [0.3, 0.4) is 0 Å². The molecule has 27 heavy (non-hydrogen) atoms. The minimum atomic E-state index is -0.302. The molecule has 2 atom stereocenters. The van der Waals surface area contributed by atoms with Crippen molar-refractivity contribution in [3.63, 3.8) is 0 Å². The Morgan fingerprint density at radius 3 is 2.59 bits per heavy atom. The number of benzene rings is 1. The number of carbonyl (C=O) groups excluding carboxylic acids is 2. The number of carbonyl (C=O) groups is 2. The minimum Gasteiger partial charge on any atom is -0.505 e. The van der Waals surface area contributed by atoms with Crippen molar-refractivity contribution in [3.05, 3.63) is 47.3 Å². The van der Waals surface area contributed by atoms with Gasteiger partial charge in [0.15, 0.2) is 5.75 Å². The highest BCUT2D eigenvalue weighted by Gasteiger charge is 2.35. The molecule has 144 valence electrons. The highest BCUT2D eigenvalue weighted by molar-refractivity contribution is 6.21. The van der Waals surface area contributed by atoms with Crippen molar-refractivity contribution < 1.29 is 14.7 Å². The van der Waals surface area contributed by atoms with E-state index >= 15 is 0 Å². The Kier molecular flexibility index (Phi) is 5.26. The zero-order valence-electron chi connectivity index (χ0n) is 16.1. The van der Waals surface area contributed by atoms with Gasteiger partial charge in [-0.25, -0.2) is 0 Å². The molecule has 0 unspecified atom stereocenters. The molecule has 0 aliphatic heterocycles. The van der Waals surface area contributed by atoms with Crippen molar-refractivity contribution in [2.45, 2.75) is 38.6 Å². The molecule has 1 aromatic carbocycles. The van der Waals surface area contributed by atoms with Gasteiger partial charge in [0, 0.05) is 25.7 Å². The van der Waals surface area contributed by atoms with Gasteiger partial charge >= 0.3 is 0 Å². The Labute approximate surface area is 159 Å². The number of hydrogen-bond acceptors (Lipinski definition) is 5. The standard InChI is InChI=1S/C21H27N3O3/c1-12-8-5-6-10-15(12)22-17-13(2)19(25)18(17)23-16-11-7-9-14(20(16)26)21(27)24(3)4/h7,9,11-12,15,22-23,26H,2,5-6,8,10H2,1,3-4H3/t12-,15-/m0/s1. The van der Waals surface area contributed by atoms with E-state index in [4.69, 9.17) is 0 Å². The molecule has 2 aliphatic carbocycles. The second-order valence-corrected chi connectivity index (χ2v) is 7.60. The highest BCUT2D eigenvalue weighted by atomic mass is 16.3. The molecular formula is C21H27N3O3. The average Bonchev–Trinajstić information content (AvgIpc) is 2.66. The monoisotopic (exact) mass is 369 g/mol. The first-order valence-corrected chi connectivity index (χ1v) is 9.36. The lowest BCUT2D eigenvalue weighted by molar-refractivity contribution is -0.113. The van der Waals surface area contributed by atoms with Gasteiger partial charge in [-0.15, -0.1) is 0 Å². The largest absolute Gasteiger partial charge is 0.505 e. The van der Waals surface area contributed by atoms with Gasteiger partial charge in [0.25, 0.3) is 5.91 Å². The van der Waals surface area contributed by atoms with Crippen molar-refractivity contribution in [1.82, 2.24) is 10.2 Å². The summed E-state index contributed by atoms with van der Waals surface area (Å²) in [4.78, 5) is 25.9. The fourth-order valence-electron chi connectivity index (χ4n) is 3.65. The van der Waals surface area contributed by atoms with Crippen molar-refractivity contribution in [2.24, 2.45) is 5.92 Å². The molecule has 0 spiro atoms. The van der Waals surface area contributed by atoms with Crippen LogP contribution in [-0.2, 0) is 4.79 Å². The molecular weight excluding hydrogens is 342 g/mol. The van der Waals surface area contributed by atoms with E-state index in [1.54, 1.807) is 32.3 Å². The Morgan fingerprint density at radius 1 is 1.22 bits per heavy atom. The molecule has 2 aliphatic rings. The highest BCUT2D eigenvalue weighted by Crippen LogP contribution is 2.35. The van der Waals surface area contributed by atoms with E-state index < -0.39 is 0 Å². The van der Waals surface area contributed by atoms with Crippen LogP contribution < -0.4 is 10.6 Å². The average molecular weight is 369 g/mol. The fraction of sp³-hybridized carbons (Fsp3) is 0.429. The second-order valence-electron chi connectivity index (χ2n) is 7.60. The maximum atomic E-state index is 12.3. The molecule has 6 nitrogen and oxygen atoms in total. The van der Waals surface area contributed by atoms with E-state index in [0.29, 0.717) is 34.6 Å². The van der Waals surface area contributed by atoms with Crippen LogP contribution in [0.5, 0.6) is 5.75 Å². The van der Waals surface area contributed by atoms with Gasteiger partial charge in [0.2, 0.25) is 5.78 Å². The van der Waals surface area contributed by atoms with Crippen molar-refractivity contribution >= 4 is 17.4 Å². The van der Waals surface area contributed by atoms with Crippen LogP contribution >= 0.6 is 0 Å². The number of Topliss-reactive ketones (excluding diaryl/α,β-unsaturated/α-hetero) is 1. The Morgan fingerprint density at radius 2 is 1.93 bits per heavy atom. The summed E-state index contributed by atoms with van der Waals surface area (Å²) in [5.74, 6) is -0.113. The third-order valence-electron chi connectivity index (χ3n) is 5.43. The molecule has 0 saturated heterocycles. The maximum absolute atomic E-state index is 12.3. The van der Waals surface area contributed by atoms with Crippen LogP contribution in [0.15, 0.2) is 41.7 Å². The first kappa shape index (κ1) is 19.0. The van der Waals surface area contributed by atoms with Gasteiger partial charge in [-0.05, 0) is 30.9 Å². The normalized spacial score (nSPS) is 22.3. The summed E-state index contributed by atoms with van der Waals surface area (Å²) in [6.45, 7) is 6.08. The molecule has 0 heterocycles. The summed E-state index contributed by atoms with van der Waals surface area (Å²) in [7, 11) is 3.24. The third-order valence-corrected chi connectivity index (χ3v) is 5.43. The van der Waals surface area contributed by atoms with Gasteiger partial charge in [-0.3, -0.25) is 9.59 Å². The van der Waals surface area contributed by atoms with Crippen molar-refractivity contribution in [2.75, 3.05) is 19.4 Å². The lowest BCUT2D eigenvalue weighted by atomic mass is 9.84. The van der Waals surface area contributed by atoms with Crippen molar-refractivity contribution in [1.29, 1.82) is 0 Å². The van der Waals surface area contributed by atoms with Gasteiger partial charge in [-0.2, -0.15) is 0 Å². The molecule has 3 rings (SSSR count). The summed E-state index contributed by atoms with van der Waals surface area (Å²) in [6, 6.07) is 5.19. The van der Waals surface area contributed by atoms with Crippen LogP contribution in [0.2, 0.25) is 0 Å². The van der Waals surface area contributed by atoms with Gasteiger partial charge < -0.3 is 20.6 Å². The molecule has 0 radical (unpaired) electrons. The van der Waals surface area contributed by atoms with E-state index in [1.165, 1.54) is 24.2 Å². The number of para-hydroxylation sites is 1. The summed E-state index contributed by atoms with van der Waals surface area (Å²) < 4.78 is 0. The lowest BCUT2D eigenvalue weighted by Gasteiger charge is -2.35. The van der Waals surface area contributed by atoms with Gasteiger partial charge in [0.05, 0.1) is 16.9 Å². The number of hydrogen-bond donors (Lipinski definition) is 3. The van der Waals surface area contributed by atoms with E-state index in [1.807, 2.05) is 0 Å². The molecule has 1 saturated carbocycles. The van der Waals surface area contributed by atoms with E-state index in [9.17, 15) is 14.7 Å².